The molecule has 0 spiro atoms. The molecule has 0 radical (unpaired) electrons. The van der Waals surface area contributed by atoms with E-state index in [1.807, 2.05) is 6.92 Å². The van der Waals surface area contributed by atoms with Gasteiger partial charge in [0.15, 0.2) is 5.96 Å². The molecule has 23 heavy (non-hydrogen) atoms. The number of ether oxygens (including phenoxy) is 1. The molecular formula is C16H31N3O3S. The summed E-state index contributed by atoms with van der Waals surface area (Å²) in [5, 5.41) is 6.53. The van der Waals surface area contributed by atoms with Crippen molar-refractivity contribution in [1.29, 1.82) is 0 Å². The third-order valence-corrected chi connectivity index (χ3v) is 4.48. The zero-order valence-electron chi connectivity index (χ0n) is 14.4. The lowest BCUT2D eigenvalue weighted by Gasteiger charge is -2.15. The summed E-state index contributed by atoms with van der Waals surface area (Å²) in [6.45, 7) is 4.89. The number of rotatable bonds is 10. The van der Waals surface area contributed by atoms with Crippen molar-refractivity contribution in [3.05, 3.63) is 11.6 Å². The first-order chi connectivity index (χ1) is 11.0. The van der Waals surface area contributed by atoms with Crippen LogP contribution in [0, 0.1) is 0 Å². The molecule has 0 aromatic heterocycles. The fourth-order valence-electron chi connectivity index (χ4n) is 2.35. The lowest BCUT2D eigenvalue weighted by atomic mass is 9.97. The maximum atomic E-state index is 11.0. The molecule has 0 saturated heterocycles. The zero-order valence-corrected chi connectivity index (χ0v) is 15.3. The predicted molar refractivity (Wildman–Crippen MR) is 95.7 cm³/mol. The van der Waals surface area contributed by atoms with Gasteiger partial charge in [0.25, 0.3) is 0 Å². The molecule has 1 aliphatic rings. The standard InChI is InChI=1S/C16H31N3O3S/c1-3-17-16(18-10-9-15-7-5-4-6-8-15)19-11-12-22-13-14-23(2,20)21/h7H,3-6,8-14H2,1-2H3,(H2,17,18,19). The Labute approximate surface area is 140 Å². The van der Waals surface area contributed by atoms with Crippen molar-refractivity contribution < 1.29 is 13.2 Å². The Morgan fingerprint density at radius 1 is 1.30 bits per heavy atom. The van der Waals surface area contributed by atoms with E-state index in [2.05, 4.69) is 21.7 Å². The number of sulfone groups is 1. The van der Waals surface area contributed by atoms with Crippen molar-refractivity contribution in [3.63, 3.8) is 0 Å². The molecule has 7 heteroatoms. The molecule has 0 saturated carbocycles. The highest BCUT2D eigenvalue weighted by atomic mass is 32.2. The Morgan fingerprint density at radius 2 is 2.13 bits per heavy atom. The molecule has 1 aliphatic carbocycles. The van der Waals surface area contributed by atoms with Gasteiger partial charge in [-0.1, -0.05) is 11.6 Å². The van der Waals surface area contributed by atoms with E-state index >= 15 is 0 Å². The van der Waals surface area contributed by atoms with Gasteiger partial charge in [-0.3, -0.25) is 4.99 Å². The summed E-state index contributed by atoms with van der Waals surface area (Å²) >= 11 is 0. The molecule has 0 amide bonds. The van der Waals surface area contributed by atoms with Gasteiger partial charge in [0, 0.05) is 19.3 Å². The average molecular weight is 346 g/mol. The molecule has 1 rings (SSSR count). The van der Waals surface area contributed by atoms with Gasteiger partial charge in [0.2, 0.25) is 0 Å². The van der Waals surface area contributed by atoms with E-state index in [1.165, 1.54) is 31.9 Å². The minimum absolute atomic E-state index is 0.0597. The molecule has 2 N–H and O–H groups in total. The van der Waals surface area contributed by atoms with Crippen LogP contribution in [-0.2, 0) is 14.6 Å². The second-order valence-corrected chi connectivity index (χ2v) is 8.05. The molecule has 0 bridgehead atoms. The van der Waals surface area contributed by atoms with E-state index < -0.39 is 9.84 Å². The van der Waals surface area contributed by atoms with Crippen LogP contribution in [-0.4, -0.2) is 59.2 Å². The van der Waals surface area contributed by atoms with Crippen LogP contribution in [0.15, 0.2) is 16.6 Å². The van der Waals surface area contributed by atoms with E-state index in [9.17, 15) is 8.42 Å². The largest absolute Gasteiger partial charge is 0.378 e. The Hall–Kier alpha value is -1.08. The molecule has 0 aromatic carbocycles. The average Bonchev–Trinajstić information content (AvgIpc) is 2.50. The Bertz CT molecular complexity index is 487. The predicted octanol–water partition coefficient (Wildman–Crippen LogP) is 1.49. The van der Waals surface area contributed by atoms with Gasteiger partial charge < -0.3 is 15.4 Å². The normalized spacial score (nSPS) is 16.1. The lowest BCUT2D eigenvalue weighted by Crippen LogP contribution is -2.38. The van der Waals surface area contributed by atoms with Gasteiger partial charge in [-0.05, 0) is 39.0 Å². The number of hydrogen-bond donors (Lipinski definition) is 2. The highest BCUT2D eigenvalue weighted by Crippen LogP contribution is 2.19. The minimum Gasteiger partial charge on any atom is -0.378 e. The summed E-state index contributed by atoms with van der Waals surface area (Å²) in [6.07, 6.45) is 9.71. The van der Waals surface area contributed by atoms with Crippen LogP contribution in [0.4, 0.5) is 0 Å². The Balaban J connectivity index is 2.20. The summed E-state index contributed by atoms with van der Waals surface area (Å²) in [4.78, 5) is 4.43. The summed E-state index contributed by atoms with van der Waals surface area (Å²) in [7, 11) is -2.95. The molecular weight excluding hydrogens is 314 g/mol. The first-order valence-electron chi connectivity index (χ1n) is 8.47. The Kier molecular flexibility index (Phi) is 9.94. The van der Waals surface area contributed by atoms with Gasteiger partial charge in [-0.2, -0.15) is 0 Å². The van der Waals surface area contributed by atoms with E-state index in [0.717, 1.165) is 25.5 Å². The van der Waals surface area contributed by atoms with E-state index in [-0.39, 0.29) is 12.4 Å². The van der Waals surface area contributed by atoms with E-state index in [1.54, 1.807) is 5.57 Å². The number of nitrogens with one attached hydrogen (secondary N) is 2. The van der Waals surface area contributed by atoms with Crippen LogP contribution >= 0.6 is 0 Å². The fourth-order valence-corrected chi connectivity index (χ4v) is 2.77. The van der Waals surface area contributed by atoms with Gasteiger partial charge in [0.1, 0.15) is 9.84 Å². The Morgan fingerprint density at radius 3 is 2.78 bits per heavy atom. The van der Waals surface area contributed by atoms with Crippen molar-refractivity contribution in [3.8, 4) is 0 Å². The first-order valence-corrected chi connectivity index (χ1v) is 10.5. The highest BCUT2D eigenvalue weighted by molar-refractivity contribution is 7.90. The SMILES string of the molecule is CCNC(=NCCOCCS(C)(=O)=O)NCCC1=CCCCC1. The van der Waals surface area contributed by atoms with Crippen LogP contribution in [0.2, 0.25) is 0 Å². The van der Waals surface area contributed by atoms with Crippen LogP contribution in [0.25, 0.3) is 0 Å². The van der Waals surface area contributed by atoms with Crippen molar-refractivity contribution in [2.45, 2.75) is 39.0 Å². The van der Waals surface area contributed by atoms with Crippen molar-refractivity contribution in [2.75, 3.05) is 44.9 Å². The summed E-state index contributed by atoms with van der Waals surface area (Å²) in [5.74, 6) is 0.847. The number of guanidine groups is 1. The van der Waals surface area contributed by atoms with Crippen molar-refractivity contribution in [1.82, 2.24) is 10.6 Å². The third-order valence-electron chi connectivity index (χ3n) is 3.57. The van der Waals surface area contributed by atoms with Gasteiger partial charge in [-0.15, -0.1) is 0 Å². The summed E-state index contributed by atoms with van der Waals surface area (Å²) in [5.41, 5.74) is 1.55. The highest BCUT2D eigenvalue weighted by Gasteiger charge is 2.04. The smallest absolute Gasteiger partial charge is 0.191 e. The molecule has 0 heterocycles. The summed E-state index contributed by atoms with van der Waals surface area (Å²) < 4.78 is 27.2. The zero-order chi connectivity index (χ0) is 17.0. The van der Waals surface area contributed by atoms with E-state index in [0.29, 0.717) is 13.2 Å². The number of hydrogen-bond acceptors (Lipinski definition) is 4. The topological polar surface area (TPSA) is 79.8 Å². The lowest BCUT2D eigenvalue weighted by molar-refractivity contribution is 0.157. The van der Waals surface area contributed by atoms with E-state index in [4.69, 9.17) is 4.74 Å². The van der Waals surface area contributed by atoms with Crippen molar-refractivity contribution >= 4 is 15.8 Å². The van der Waals surface area contributed by atoms with Crippen molar-refractivity contribution in [2.24, 2.45) is 4.99 Å². The maximum absolute atomic E-state index is 11.0. The molecule has 0 unspecified atom stereocenters. The molecule has 0 aromatic rings. The van der Waals surface area contributed by atoms with Crippen LogP contribution < -0.4 is 10.6 Å². The number of allylic oxidation sites excluding steroid dienone is 1. The molecule has 0 atom stereocenters. The second kappa shape index (κ2) is 11.5. The fraction of sp³-hybridized carbons (Fsp3) is 0.812. The second-order valence-electron chi connectivity index (χ2n) is 5.79. The molecule has 0 fully saturated rings. The molecule has 6 nitrogen and oxygen atoms in total. The molecule has 0 aliphatic heterocycles. The van der Waals surface area contributed by atoms with Gasteiger partial charge in [0.05, 0.1) is 25.5 Å². The van der Waals surface area contributed by atoms with Gasteiger partial charge in [-0.25, -0.2) is 8.42 Å². The number of nitrogens with zero attached hydrogens (tertiary/aromatic N) is 1. The first kappa shape index (κ1) is 20.0. The maximum Gasteiger partial charge on any atom is 0.191 e. The quantitative estimate of drug-likeness (QED) is 0.271. The van der Waals surface area contributed by atoms with Crippen LogP contribution in [0.5, 0.6) is 0 Å². The summed E-state index contributed by atoms with van der Waals surface area (Å²) in [6, 6.07) is 0. The minimum atomic E-state index is -2.95. The monoisotopic (exact) mass is 345 g/mol. The van der Waals surface area contributed by atoms with Crippen LogP contribution in [0.1, 0.15) is 39.0 Å². The number of aliphatic imine (C=N–C) groups is 1. The van der Waals surface area contributed by atoms with Gasteiger partial charge >= 0.3 is 0 Å². The van der Waals surface area contributed by atoms with Crippen LogP contribution in [0.3, 0.4) is 0 Å². The molecule has 134 valence electrons. The third kappa shape index (κ3) is 11.1.